The summed E-state index contributed by atoms with van der Waals surface area (Å²) in [5, 5.41) is 0. The molecule has 0 aliphatic rings. The molecule has 26 heavy (non-hydrogen) atoms. The fraction of sp³-hybridized carbons (Fsp3) is 0.176. The molecule has 0 radical (unpaired) electrons. The number of aromatic amines is 1. The fourth-order valence-corrected chi connectivity index (χ4v) is 2.44. The van der Waals surface area contributed by atoms with Gasteiger partial charge in [0.05, 0.1) is 18.5 Å². The highest BCUT2D eigenvalue weighted by Gasteiger charge is 2.12. The molecular weight excluding hydrogens is 341 g/mol. The van der Waals surface area contributed by atoms with Crippen LogP contribution in [-0.4, -0.2) is 39.1 Å². The number of carbonyl (C=O) groups is 1. The minimum Gasteiger partial charge on any atom is -0.383 e. The molecule has 1 amide bonds. The lowest BCUT2D eigenvalue weighted by molar-refractivity contribution is -0.113. The number of amides is 1. The molecule has 0 unspecified atom stereocenters. The van der Waals surface area contributed by atoms with Crippen LogP contribution < -0.4 is 11.3 Å². The molecule has 8 nitrogen and oxygen atoms in total. The standard InChI is InChI=1S/C17H16FN5O3/c1-26-5-4-23-9-11(6-12(18)17(23)25)13-8-21-16-15(22-13)10(7-20-16)2-3-14(19)24/h2-3,6-9H,4-5H2,1H3,(H2,19,24)(H,20,21). The van der Waals surface area contributed by atoms with Gasteiger partial charge in [0.15, 0.2) is 11.5 Å². The van der Waals surface area contributed by atoms with Crippen LogP contribution in [0.5, 0.6) is 0 Å². The summed E-state index contributed by atoms with van der Waals surface area (Å²) in [6.45, 7) is 0.486. The monoisotopic (exact) mass is 357 g/mol. The van der Waals surface area contributed by atoms with Crippen LogP contribution in [-0.2, 0) is 16.1 Å². The van der Waals surface area contributed by atoms with Crippen LogP contribution in [0.1, 0.15) is 5.56 Å². The summed E-state index contributed by atoms with van der Waals surface area (Å²) in [6.07, 6.45) is 7.33. The molecule has 0 bridgehead atoms. The number of nitrogens with zero attached hydrogens (tertiary/aromatic N) is 3. The third-order valence-electron chi connectivity index (χ3n) is 3.71. The van der Waals surface area contributed by atoms with Crippen molar-refractivity contribution < 1.29 is 13.9 Å². The van der Waals surface area contributed by atoms with Crippen LogP contribution in [0.3, 0.4) is 0 Å². The summed E-state index contributed by atoms with van der Waals surface area (Å²) in [7, 11) is 1.50. The third kappa shape index (κ3) is 3.52. The number of carbonyl (C=O) groups excluding carboxylic acids is 1. The smallest absolute Gasteiger partial charge is 0.286 e. The molecule has 0 atom stereocenters. The van der Waals surface area contributed by atoms with Gasteiger partial charge in [-0.2, -0.15) is 0 Å². The summed E-state index contributed by atoms with van der Waals surface area (Å²) in [6, 6.07) is 1.12. The molecule has 134 valence electrons. The fourth-order valence-electron chi connectivity index (χ4n) is 2.44. The molecule has 0 fully saturated rings. The normalized spacial score (nSPS) is 11.5. The Kier molecular flexibility index (Phi) is 4.90. The predicted molar refractivity (Wildman–Crippen MR) is 93.6 cm³/mol. The van der Waals surface area contributed by atoms with Crippen molar-refractivity contribution in [2.75, 3.05) is 13.7 Å². The second-order valence-electron chi connectivity index (χ2n) is 5.50. The van der Waals surface area contributed by atoms with Gasteiger partial charge in [0.25, 0.3) is 5.56 Å². The Morgan fingerprint density at radius 3 is 3.04 bits per heavy atom. The van der Waals surface area contributed by atoms with E-state index in [0.29, 0.717) is 28.0 Å². The Labute approximate surface area is 147 Å². The number of hydrogen-bond acceptors (Lipinski definition) is 5. The van der Waals surface area contributed by atoms with E-state index in [4.69, 9.17) is 10.5 Å². The zero-order chi connectivity index (χ0) is 18.7. The van der Waals surface area contributed by atoms with E-state index in [-0.39, 0.29) is 13.2 Å². The Balaban J connectivity index is 2.07. The van der Waals surface area contributed by atoms with Crippen molar-refractivity contribution in [3.05, 3.63) is 52.5 Å². The number of pyridine rings is 1. The predicted octanol–water partition coefficient (Wildman–Crippen LogP) is 1.07. The largest absolute Gasteiger partial charge is 0.383 e. The maximum Gasteiger partial charge on any atom is 0.286 e. The Hall–Kier alpha value is -3.33. The summed E-state index contributed by atoms with van der Waals surface area (Å²) < 4.78 is 20.2. The number of nitrogens with one attached hydrogen (secondary N) is 1. The average Bonchev–Trinajstić information content (AvgIpc) is 3.03. The van der Waals surface area contributed by atoms with Crippen molar-refractivity contribution in [2.24, 2.45) is 5.73 Å². The van der Waals surface area contributed by atoms with E-state index >= 15 is 0 Å². The first-order chi connectivity index (χ1) is 12.5. The van der Waals surface area contributed by atoms with Crippen LogP contribution in [0.2, 0.25) is 0 Å². The first kappa shape index (κ1) is 17.5. The van der Waals surface area contributed by atoms with Gasteiger partial charge in [-0.3, -0.25) is 9.59 Å². The molecule has 3 rings (SSSR count). The van der Waals surface area contributed by atoms with Crippen molar-refractivity contribution in [2.45, 2.75) is 6.54 Å². The first-order valence-corrected chi connectivity index (χ1v) is 7.70. The first-order valence-electron chi connectivity index (χ1n) is 7.70. The average molecular weight is 357 g/mol. The zero-order valence-corrected chi connectivity index (χ0v) is 13.9. The Bertz CT molecular complexity index is 1050. The summed E-state index contributed by atoms with van der Waals surface area (Å²) in [4.78, 5) is 34.4. The number of primary amides is 1. The molecule has 9 heteroatoms. The SMILES string of the molecule is COCCn1cc(-c2cnc3[nH]cc(C=CC(N)=O)c3n2)cc(F)c1=O. The van der Waals surface area contributed by atoms with Crippen LogP contribution in [0.4, 0.5) is 4.39 Å². The zero-order valence-electron chi connectivity index (χ0n) is 13.9. The van der Waals surface area contributed by atoms with Crippen molar-refractivity contribution in [1.82, 2.24) is 19.5 Å². The maximum atomic E-state index is 14.0. The van der Waals surface area contributed by atoms with Gasteiger partial charge >= 0.3 is 0 Å². The minimum atomic E-state index is -0.886. The highest BCUT2D eigenvalue weighted by molar-refractivity contribution is 5.93. The van der Waals surface area contributed by atoms with E-state index in [1.165, 1.54) is 36.2 Å². The van der Waals surface area contributed by atoms with E-state index in [1.54, 1.807) is 6.20 Å². The molecular formula is C17H16FN5O3. The van der Waals surface area contributed by atoms with Crippen LogP contribution >= 0.6 is 0 Å². The third-order valence-corrected chi connectivity index (χ3v) is 3.71. The molecule has 3 aromatic heterocycles. The molecule has 3 aromatic rings. The number of ether oxygens (including phenoxy) is 1. The van der Waals surface area contributed by atoms with E-state index in [1.807, 2.05) is 0 Å². The minimum absolute atomic E-state index is 0.215. The number of H-pyrrole nitrogens is 1. The highest BCUT2D eigenvalue weighted by Crippen LogP contribution is 2.21. The topological polar surface area (TPSA) is 116 Å². The van der Waals surface area contributed by atoms with Gasteiger partial charge in [0, 0.05) is 43.3 Å². The Morgan fingerprint density at radius 2 is 2.31 bits per heavy atom. The number of hydrogen-bond donors (Lipinski definition) is 2. The molecule has 0 aliphatic carbocycles. The highest BCUT2D eigenvalue weighted by atomic mass is 19.1. The molecule has 0 aromatic carbocycles. The van der Waals surface area contributed by atoms with E-state index in [2.05, 4.69) is 15.0 Å². The second-order valence-corrected chi connectivity index (χ2v) is 5.50. The lowest BCUT2D eigenvalue weighted by Gasteiger charge is -2.08. The second kappa shape index (κ2) is 7.28. The number of fused-ring (bicyclic) bond motifs is 1. The molecule has 0 aliphatic heterocycles. The van der Waals surface area contributed by atoms with Gasteiger partial charge in [-0.25, -0.2) is 14.4 Å². The number of nitrogens with two attached hydrogens (primary N) is 1. The van der Waals surface area contributed by atoms with Crippen LogP contribution in [0.25, 0.3) is 28.5 Å². The van der Waals surface area contributed by atoms with E-state index in [9.17, 15) is 14.0 Å². The maximum absolute atomic E-state index is 14.0. The Morgan fingerprint density at radius 1 is 1.50 bits per heavy atom. The van der Waals surface area contributed by atoms with Crippen molar-refractivity contribution in [3.8, 4) is 11.3 Å². The van der Waals surface area contributed by atoms with Gasteiger partial charge in [-0.15, -0.1) is 0 Å². The van der Waals surface area contributed by atoms with Crippen molar-refractivity contribution >= 4 is 23.1 Å². The van der Waals surface area contributed by atoms with Gasteiger partial charge in [-0.1, -0.05) is 0 Å². The molecule has 0 spiro atoms. The summed E-state index contributed by atoms with van der Waals surface area (Å²) in [5.41, 5.74) is 6.78. The number of methoxy groups -OCH3 is 1. The molecule has 0 saturated heterocycles. The van der Waals surface area contributed by atoms with Crippen LogP contribution in [0, 0.1) is 5.82 Å². The van der Waals surface area contributed by atoms with Gasteiger partial charge in [0.2, 0.25) is 5.91 Å². The molecule has 3 heterocycles. The van der Waals surface area contributed by atoms with Crippen LogP contribution in [0.15, 0.2) is 35.5 Å². The summed E-state index contributed by atoms with van der Waals surface area (Å²) >= 11 is 0. The lowest BCUT2D eigenvalue weighted by Crippen LogP contribution is -2.24. The molecule has 0 saturated carbocycles. The number of halogens is 1. The lowest BCUT2D eigenvalue weighted by atomic mass is 10.2. The number of aromatic nitrogens is 4. The summed E-state index contributed by atoms with van der Waals surface area (Å²) in [5.74, 6) is -1.47. The van der Waals surface area contributed by atoms with Gasteiger partial charge in [-0.05, 0) is 12.1 Å². The van der Waals surface area contributed by atoms with Crippen molar-refractivity contribution in [1.29, 1.82) is 0 Å². The molecule has 3 N–H and O–H groups in total. The van der Waals surface area contributed by atoms with Gasteiger partial charge in [0.1, 0.15) is 5.52 Å². The van der Waals surface area contributed by atoms with E-state index < -0.39 is 17.3 Å². The van der Waals surface area contributed by atoms with E-state index in [0.717, 1.165) is 6.07 Å². The quantitative estimate of drug-likeness (QED) is 0.640. The number of rotatable bonds is 6. The van der Waals surface area contributed by atoms with Gasteiger partial charge < -0.3 is 20.0 Å². The van der Waals surface area contributed by atoms with Crippen molar-refractivity contribution in [3.63, 3.8) is 0 Å².